The molecule has 0 bridgehead atoms. The molecule has 0 saturated carbocycles. The van der Waals surface area contributed by atoms with Crippen LogP contribution in [-0.2, 0) is 4.79 Å². The van der Waals surface area contributed by atoms with Gasteiger partial charge in [0.25, 0.3) is 5.91 Å². The molecule has 6 heteroatoms. The number of carbonyl (C=O) groups is 2. The van der Waals surface area contributed by atoms with Crippen molar-refractivity contribution in [3.05, 3.63) is 28.8 Å². The molecule has 0 spiro atoms. The van der Waals surface area contributed by atoms with Gasteiger partial charge in [-0.15, -0.1) is 0 Å². The van der Waals surface area contributed by atoms with Gasteiger partial charge in [-0.05, 0) is 31.2 Å². The van der Waals surface area contributed by atoms with E-state index in [0.717, 1.165) is 13.0 Å². The molecular formula is C13H16ClN3O2. The van der Waals surface area contributed by atoms with E-state index in [2.05, 4.69) is 16.0 Å². The molecule has 1 fully saturated rings. The average Bonchev–Trinajstić information content (AvgIpc) is 2.94. The summed E-state index contributed by atoms with van der Waals surface area (Å²) in [5.41, 5.74) is 0.856. The third-order valence-corrected chi connectivity index (χ3v) is 3.38. The molecule has 19 heavy (non-hydrogen) atoms. The molecule has 3 N–H and O–H groups in total. The number of anilines is 1. The minimum absolute atomic E-state index is 0.0479. The van der Waals surface area contributed by atoms with E-state index in [0.29, 0.717) is 22.8 Å². The molecule has 1 aromatic rings. The summed E-state index contributed by atoms with van der Waals surface area (Å²) in [6.07, 6.45) is 0.814. The van der Waals surface area contributed by atoms with Gasteiger partial charge < -0.3 is 16.0 Å². The van der Waals surface area contributed by atoms with Crippen molar-refractivity contribution in [2.45, 2.75) is 6.42 Å². The Morgan fingerprint density at radius 1 is 1.42 bits per heavy atom. The maximum atomic E-state index is 12.0. The Bertz CT molecular complexity index is 499. The summed E-state index contributed by atoms with van der Waals surface area (Å²) in [5, 5.41) is 8.92. The fraction of sp³-hybridized carbons (Fsp3) is 0.385. The first-order valence-electron chi connectivity index (χ1n) is 6.15. The van der Waals surface area contributed by atoms with Gasteiger partial charge in [0.1, 0.15) is 0 Å². The second kappa shape index (κ2) is 6.04. The number of hydrogen-bond donors (Lipinski definition) is 3. The van der Waals surface area contributed by atoms with Gasteiger partial charge in [-0.3, -0.25) is 9.59 Å². The van der Waals surface area contributed by atoms with Crippen LogP contribution in [0.2, 0.25) is 5.02 Å². The van der Waals surface area contributed by atoms with Gasteiger partial charge >= 0.3 is 0 Å². The van der Waals surface area contributed by atoms with E-state index >= 15 is 0 Å². The van der Waals surface area contributed by atoms with Crippen LogP contribution < -0.4 is 16.0 Å². The second-order valence-corrected chi connectivity index (χ2v) is 4.88. The number of rotatable bonds is 3. The van der Waals surface area contributed by atoms with Crippen molar-refractivity contribution in [1.82, 2.24) is 10.6 Å². The monoisotopic (exact) mass is 281 g/mol. The summed E-state index contributed by atoms with van der Waals surface area (Å²) in [4.78, 5) is 23.8. The Morgan fingerprint density at radius 3 is 2.84 bits per heavy atom. The quantitative estimate of drug-likeness (QED) is 0.781. The van der Waals surface area contributed by atoms with Crippen LogP contribution in [0.1, 0.15) is 16.8 Å². The predicted molar refractivity (Wildman–Crippen MR) is 74.4 cm³/mol. The number of carbonyl (C=O) groups excluding carboxylic acids is 2. The first-order chi connectivity index (χ1) is 9.11. The van der Waals surface area contributed by atoms with Gasteiger partial charge in [0.15, 0.2) is 0 Å². The van der Waals surface area contributed by atoms with Crippen LogP contribution in [0.3, 0.4) is 0 Å². The van der Waals surface area contributed by atoms with Crippen LogP contribution >= 0.6 is 11.6 Å². The molecule has 1 atom stereocenters. The zero-order valence-corrected chi connectivity index (χ0v) is 11.4. The molecule has 0 radical (unpaired) electrons. The van der Waals surface area contributed by atoms with Crippen molar-refractivity contribution in [3.63, 3.8) is 0 Å². The minimum atomic E-state index is -0.276. The SMILES string of the molecule is CNC(=O)c1cc(Cl)ccc1NC(=O)C1CCNC1. The van der Waals surface area contributed by atoms with E-state index in [1.54, 1.807) is 18.2 Å². The topological polar surface area (TPSA) is 70.2 Å². The highest BCUT2D eigenvalue weighted by molar-refractivity contribution is 6.31. The predicted octanol–water partition coefficient (Wildman–Crippen LogP) is 1.25. The fourth-order valence-corrected chi connectivity index (χ4v) is 2.23. The largest absolute Gasteiger partial charge is 0.355 e. The summed E-state index contributed by atoms with van der Waals surface area (Å²) < 4.78 is 0. The van der Waals surface area contributed by atoms with Gasteiger partial charge in [-0.25, -0.2) is 0 Å². The third-order valence-electron chi connectivity index (χ3n) is 3.14. The van der Waals surface area contributed by atoms with Crippen molar-refractivity contribution in [3.8, 4) is 0 Å². The Labute approximate surface area is 116 Å². The molecule has 1 unspecified atom stereocenters. The van der Waals surface area contributed by atoms with E-state index in [-0.39, 0.29) is 17.7 Å². The molecule has 0 aliphatic carbocycles. The average molecular weight is 282 g/mol. The van der Waals surface area contributed by atoms with Crippen LogP contribution in [0.4, 0.5) is 5.69 Å². The highest BCUT2D eigenvalue weighted by Gasteiger charge is 2.23. The number of nitrogens with one attached hydrogen (secondary N) is 3. The summed E-state index contributed by atoms with van der Waals surface area (Å²) in [6, 6.07) is 4.84. The van der Waals surface area contributed by atoms with Crippen molar-refractivity contribution < 1.29 is 9.59 Å². The van der Waals surface area contributed by atoms with Crippen molar-refractivity contribution >= 4 is 29.1 Å². The Kier molecular flexibility index (Phi) is 4.39. The van der Waals surface area contributed by atoms with Crippen LogP contribution in [-0.4, -0.2) is 32.0 Å². The molecule has 2 rings (SSSR count). The van der Waals surface area contributed by atoms with Crippen LogP contribution in [0.15, 0.2) is 18.2 Å². The summed E-state index contributed by atoms with van der Waals surface area (Å²) in [5.74, 6) is -0.395. The first-order valence-corrected chi connectivity index (χ1v) is 6.53. The Morgan fingerprint density at radius 2 is 2.21 bits per heavy atom. The maximum Gasteiger partial charge on any atom is 0.253 e. The highest BCUT2D eigenvalue weighted by Crippen LogP contribution is 2.22. The van der Waals surface area contributed by atoms with Crippen LogP contribution in [0.25, 0.3) is 0 Å². The molecule has 5 nitrogen and oxygen atoms in total. The van der Waals surface area contributed by atoms with Crippen LogP contribution in [0, 0.1) is 5.92 Å². The van der Waals surface area contributed by atoms with E-state index in [9.17, 15) is 9.59 Å². The minimum Gasteiger partial charge on any atom is -0.355 e. The molecule has 1 heterocycles. The standard InChI is InChI=1S/C13H16ClN3O2/c1-15-13(19)10-6-9(14)2-3-11(10)17-12(18)8-4-5-16-7-8/h2-3,6,8,16H,4-5,7H2,1H3,(H,15,19)(H,17,18). The number of hydrogen-bond acceptors (Lipinski definition) is 3. The van der Waals surface area contributed by atoms with Crippen molar-refractivity contribution in [2.24, 2.45) is 5.92 Å². The number of amides is 2. The van der Waals surface area contributed by atoms with Crippen molar-refractivity contribution in [2.75, 3.05) is 25.5 Å². The summed E-state index contributed by atoms with van der Waals surface area (Å²) in [6.45, 7) is 1.52. The molecule has 1 saturated heterocycles. The molecular weight excluding hydrogens is 266 g/mol. The zero-order valence-electron chi connectivity index (χ0n) is 10.6. The lowest BCUT2D eigenvalue weighted by molar-refractivity contribution is -0.119. The molecule has 1 aromatic carbocycles. The van der Waals surface area contributed by atoms with E-state index in [4.69, 9.17) is 11.6 Å². The highest BCUT2D eigenvalue weighted by atomic mass is 35.5. The lowest BCUT2D eigenvalue weighted by Crippen LogP contribution is -2.27. The Hall–Kier alpha value is -1.59. The van der Waals surface area contributed by atoms with Gasteiger partial charge in [-0.1, -0.05) is 11.6 Å². The van der Waals surface area contributed by atoms with Gasteiger partial charge in [-0.2, -0.15) is 0 Å². The zero-order chi connectivity index (χ0) is 13.8. The first kappa shape index (κ1) is 13.8. The lowest BCUT2D eigenvalue weighted by atomic mass is 10.1. The van der Waals surface area contributed by atoms with E-state index in [1.807, 2.05) is 0 Å². The summed E-state index contributed by atoms with van der Waals surface area (Å²) >= 11 is 5.88. The number of benzene rings is 1. The molecule has 2 amide bonds. The van der Waals surface area contributed by atoms with Crippen molar-refractivity contribution in [1.29, 1.82) is 0 Å². The number of halogens is 1. The Balaban J connectivity index is 2.19. The van der Waals surface area contributed by atoms with E-state index < -0.39 is 0 Å². The molecule has 0 aromatic heterocycles. The van der Waals surface area contributed by atoms with E-state index in [1.165, 1.54) is 7.05 Å². The third kappa shape index (κ3) is 3.24. The molecule has 1 aliphatic rings. The summed E-state index contributed by atoms with van der Waals surface area (Å²) in [7, 11) is 1.54. The van der Waals surface area contributed by atoms with Gasteiger partial charge in [0, 0.05) is 18.6 Å². The van der Waals surface area contributed by atoms with Gasteiger partial charge in [0.05, 0.1) is 17.2 Å². The maximum absolute atomic E-state index is 12.0. The van der Waals surface area contributed by atoms with Crippen LogP contribution in [0.5, 0.6) is 0 Å². The smallest absolute Gasteiger partial charge is 0.253 e. The fourth-order valence-electron chi connectivity index (χ4n) is 2.06. The van der Waals surface area contributed by atoms with Gasteiger partial charge in [0.2, 0.25) is 5.91 Å². The molecule has 102 valence electrons. The second-order valence-electron chi connectivity index (χ2n) is 4.45. The molecule has 1 aliphatic heterocycles. The normalized spacial score (nSPS) is 18.1. The lowest BCUT2D eigenvalue weighted by Gasteiger charge is -2.13.